The molecule has 1 saturated carbocycles. The van der Waals surface area contributed by atoms with Crippen LogP contribution in [0.4, 0.5) is 21.5 Å². The largest absolute Gasteiger partial charge is 0.481 e. The molecule has 1 fully saturated rings. The lowest BCUT2D eigenvalue weighted by molar-refractivity contribution is -0.137. The number of halogens is 1. The Kier molecular flexibility index (Phi) is 7.41. The molecular weight excluding hydrogens is 409 g/mol. The minimum absolute atomic E-state index is 0.183. The van der Waals surface area contributed by atoms with Crippen LogP contribution in [0.25, 0.3) is 0 Å². The van der Waals surface area contributed by atoms with Crippen LogP contribution in [0.1, 0.15) is 44.2 Å². The van der Waals surface area contributed by atoms with Crippen LogP contribution >= 0.6 is 0 Å². The van der Waals surface area contributed by atoms with Crippen LogP contribution in [0.3, 0.4) is 0 Å². The Morgan fingerprint density at radius 2 is 1.90 bits per heavy atom. The number of rotatable bonds is 7. The molecule has 0 saturated heterocycles. The van der Waals surface area contributed by atoms with Crippen molar-refractivity contribution in [3.05, 3.63) is 51.7 Å². The average Bonchev–Trinajstić information content (AvgIpc) is 3.46. The highest BCUT2D eigenvalue weighted by atomic mass is 32.2. The van der Waals surface area contributed by atoms with E-state index in [1.165, 1.54) is 16.8 Å². The maximum absolute atomic E-state index is 14.3. The number of anilines is 3. The minimum atomic E-state index is -1.67. The highest BCUT2D eigenvalue weighted by Crippen LogP contribution is 2.45. The highest BCUT2D eigenvalue weighted by Gasteiger charge is 2.51. The maximum Gasteiger partial charge on any atom is 0.304 e. The van der Waals surface area contributed by atoms with Gasteiger partial charge in [-0.2, -0.15) is 0 Å². The van der Waals surface area contributed by atoms with Crippen LogP contribution in [-0.4, -0.2) is 24.6 Å². The molecule has 0 bridgehead atoms. The number of nitrogens with zero attached hydrogens (tertiary/aromatic N) is 1. The van der Waals surface area contributed by atoms with E-state index in [-0.39, 0.29) is 17.7 Å². The van der Waals surface area contributed by atoms with Gasteiger partial charge < -0.3 is 19.7 Å². The Bertz CT molecular complexity index is 1030. The van der Waals surface area contributed by atoms with E-state index in [0.29, 0.717) is 29.8 Å². The Hall–Kier alpha value is -2.68. The Balaban J connectivity index is 0.00000155. The zero-order valence-electron chi connectivity index (χ0n) is 17.8. The maximum atomic E-state index is 14.3. The summed E-state index contributed by atoms with van der Waals surface area (Å²) in [7, 11) is -0.112. The van der Waals surface area contributed by atoms with Gasteiger partial charge in [0.05, 0.1) is 28.2 Å². The summed E-state index contributed by atoms with van der Waals surface area (Å²) in [6.45, 7) is 7.36. The van der Waals surface area contributed by atoms with Crippen LogP contribution in [0.2, 0.25) is 0 Å². The van der Waals surface area contributed by atoms with Gasteiger partial charge in [-0.1, -0.05) is 19.9 Å². The zero-order valence-corrected chi connectivity index (χ0v) is 18.7. The molecule has 1 aromatic heterocycles. The molecule has 1 atom stereocenters. The molecule has 164 valence electrons. The second-order valence-electron chi connectivity index (χ2n) is 7.19. The van der Waals surface area contributed by atoms with Gasteiger partial charge in [-0.15, -0.1) is 0 Å². The third-order valence-corrected chi connectivity index (χ3v) is 6.61. The van der Waals surface area contributed by atoms with Crippen molar-refractivity contribution in [2.24, 2.45) is 7.05 Å². The fourth-order valence-corrected chi connectivity index (χ4v) is 4.33. The summed E-state index contributed by atoms with van der Waals surface area (Å²) in [4.78, 5) is 23.4. The Morgan fingerprint density at radius 1 is 1.27 bits per heavy atom. The van der Waals surface area contributed by atoms with Gasteiger partial charge in [0.1, 0.15) is 16.8 Å². The lowest BCUT2D eigenvalue weighted by atomic mass is 10.2. The van der Waals surface area contributed by atoms with Gasteiger partial charge in [0.2, 0.25) is 0 Å². The first kappa shape index (κ1) is 23.6. The number of benzene rings is 1. The molecular formula is C21H28FN3O4S. The first-order valence-electron chi connectivity index (χ1n) is 9.77. The first-order chi connectivity index (χ1) is 14.1. The zero-order chi connectivity index (χ0) is 22.6. The molecule has 3 N–H and O–H groups in total. The normalized spacial score (nSPS) is 14.9. The average molecular weight is 438 g/mol. The van der Waals surface area contributed by atoms with Crippen molar-refractivity contribution in [2.75, 3.05) is 10.0 Å². The van der Waals surface area contributed by atoms with Gasteiger partial charge in [0.15, 0.2) is 0 Å². The molecule has 0 spiro atoms. The van der Waals surface area contributed by atoms with E-state index in [4.69, 9.17) is 5.11 Å². The Morgan fingerprint density at radius 3 is 2.43 bits per heavy atom. The summed E-state index contributed by atoms with van der Waals surface area (Å²) in [5, 5.41) is 12.0. The molecule has 2 aromatic rings. The molecule has 3 rings (SSSR count). The number of carboxylic acids is 1. The summed E-state index contributed by atoms with van der Waals surface area (Å²) in [6, 6.07) is 4.67. The topological polar surface area (TPSA) is 100 Å². The summed E-state index contributed by atoms with van der Waals surface area (Å²) in [5.41, 5.74) is 1.64. The van der Waals surface area contributed by atoms with Crippen LogP contribution in [0.5, 0.6) is 0 Å². The SMILES string of the molecule is CC.Cc1ccc(Nc2c(NS(=O)C3(CC(=O)O)CC3)cn(C)c(=O)c2C)c(F)c1. The van der Waals surface area contributed by atoms with Gasteiger partial charge in [0.25, 0.3) is 5.56 Å². The van der Waals surface area contributed by atoms with Crippen molar-refractivity contribution in [3.8, 4) is 0 Å². The van der Waals surface area contributed by atoms with E-state index in [9.17, 15) is 18.2 Å². The number of aliphatic carboxylic acids is 1. The van der Waals surface area contributed by atoms with Gasteiger partial charge in [-0.3, -0.25) is 9.59 Å². The number of pyridine rings is 1. The van der Waals surface area contributed by atoms with Crippen molar-refractivity contribution >= 4 is 34.0 Å². The van der Waals surface area contributed by atoms with E-state index in [0.717, 1.165) is 5.56 Å². The van der Waals surface area contributed by atoms with Crippen LogP contribution < -0.4 is 15.6 Å². The van der Waals surface area contributed by atoms with E-state index >= 15 is 0 Å². The number of aromatic nitrogens is 1. The number of hydrogen-bond donors (Lipinski definition) is 3. The van der Waals surface area contributed by atoms with Crippen LogP contribution in [-0.2, 0) is 22.8 Å². The van der Waals surface area contributed by atoms with Crippen LogP contribution in [0, 0.1) is 19.7 Å². The van der Waals surface area contributed by atoms with Gasteiger partial charge in [-0.25, -0.2) is 8.60 Å². The van der Waals surface area contributed by atoms with Crippen molar-refractivity contribution in [1.82, 2.24) is 4.57 Å². The summed E-state index contributed by atoms with van der Waals surface area (Å²) in [5.74, 6) is -1.49. The highest BCUT2D eigenvalue weighted by molar-refractivity contribution is 7.88. The molecule has 1 heterocycles. The molecule has 1 aromatic carbocycles. The molecule has 7 nitrogen and oxygen atoms in total. The third kappa shape index (κ3) is 5.08. The number of nitrogens with one attached hydrogen (secondary N) is 2. The summed E-state index contributed by atoms with van der Waals surface area (Å²) in [6.07, 6.45) is 2.35. The predicted octanol–water partition coefficient (Wildman–Crippen LogP) is 3.99. The van der Waals surface area contributed by atoms with E-state index in [1.54, 1.807) is 33.0 Å². The molecule has 9 heteroatoms. The fourth-order valence-electron chi connectivity index (χ4n) is 3.04. The molecule has 0 amide bonds. The van der Waals surface area contributed by atoms with Crippen molar-refractivity contribution < 1.29 is 18.5 Å². The third-order valence-electron chi connectivity index (χ3n) is 4.87. The fraction of sp³-hybridized carbons (Fsp3) is 0.429. The summed E-state index contributed by atoms with van der Waals surface area (Å²) < 4.78 is 30.5. The van der Waals surface area contributed by atoms with Crippen molar-refractivity contribution in [1.29, 1.82) is 0 Å². The second kappa shape index (κ2) is 9.42. The van der Waals surface area contributed by atoms with Crippen molar-refractivity contribution in [2.45, 2.75) is 51.7 Å². The number of carbonyl (C=O) groups is 1. The molecule has 30 heavy (non-hydrogen) atoms. The molecule has 1 unspecified atom stereocenters. The quantitative estimate of drug-likeness (QED) is 0.608. The molecule has 1 aliphatic carbocycles. The van der Waals surface area contributed by atoms with E-state index in [1.807, 2.05) is 13.8 Å². The second-order valence-corrected chi connectivity index (χ2v) is 8.80. The monoisotopic (exact) mass is 437 g/mol. The minimum Gasteiger partial charge on any atom is -0.481 e. The number of hydrogen-bond acceptors (Lipinski definition) is 4. The predicted molar refractivity (Wildman–Crippen MR) is 118 cm³/mol. The lowest BCUT2D eigenvalue weighted by Crippen LogP contribution is -2.28. The number of carboxylic acid groups (broad SMARTS) is 1. The Labute approximate surface area is 177 Å². The standard InChI is InChI=1S/C19H22FN3O4S.C2H6/c1-11-4-5-14(13(20)8-11)21-17-12(2)18(26)23(3)10-15(17)22-28(27)19(6-7-19)9-16(24)25;1-2/h4-5,8,10,21-22H,6-7,9H2,1-3H3,(H,24,25);1-2H3. The van der Waals surface area contributed by atoms with E-state index in [2.05, 4.69) is 10.0 Å². The van der Waals surface area contributed by atoms with Gasteiger partial charge in [0, 0.05) is 18.8 Å². The number of aryl methyl sites for hydroxylation is 2. The van der Waals surface area contributed by atoms with Crippen LogP contribution in [0.15, 0.2) is 29.2 Å². The first-order valence-corrected chi connectivity index (χ1v) is 10.9. The summed E-state index contributed by atoms with van der Waals surface area (Å²) >= 11 is 0. The van der Waals surface area contributed by atoms with Gasteiger partial charge in [-0.05, 0) is 44.4 Å². The van der Waals surface area contributed by atoms with Gasteiger partial charge >= 0.3 is 5.97 Å². The van der Waals surface area contributed by atoms with Crippen molar-refractivity contribution in [3.63, 3.8) is 0 Å². The smallest absolute Gasteiger partial charge is 0.304 e. The molecule has 0 aliphatic heterocycles. The molecule has 0 radical (unpaired) electrons. The lowest BCUT2D eigenvalue weighted by Gasteiger charge is -2.20. The van der Waals surface area contributed by atoms with E-state index < -0.39 is 27.5 Å². The molecule has 1 aliphatic rings.